The van der Waals surface area contributed by atoms with E-state index >= 15 is 0 Å². The first-order valence-electron chi connectivity index (χ1n) is 5.71. The van der Waals surface area contributed by atoms with Gasteiger partial charge in [-0.1, -0.05) is 0 Å². The van der Waals surface area contributed by atoms with Crippen molar-refractivity contribution in [1.82, 2.24) is 0 Å². The molecule has 0 aromatic rings. The second kappa shape index (κ2) is 10.7. The van der Waals surface area contributed by atoms with Crippen molar-refractivity contribution in [2.24, 2.45) is 4.99 Å². The first kappa shape index (κ1) is 17.8. The Hall–Kier alpha value is -0.180. The van der Waals surface area contributed by atoms with E-state index in [0.29, 0.717) is 13.2 Å². The van der Waals surface area contributed by atoms with Gasteiger partial charge in [0, 0.05) is 7.11 Å². The quantitative estimate of drug-likeness (QED) is 0.300. The Balaban J connectivity index is 4.00. The highest BCUT2D eigenvalue weighted by atomic mass is 32.2. The zero-order valence-corrected chi connectivity index (χ0v) is 11.9. The van der Waals surface area contributed by atoms with Crippen LogP contribution in [0.5, 0.6) is 0 Å². The van der Waals surface area contributed by atoms with E-state index in [1.807, 2.05) is 6.26 Å². The van der Waals surface area contributed by atoms with Crippen molar-refractivity contribution in [3.63, 3.8) is 0 Å². The van der Waals surface area contributed by atoms with E-state index < -0.39 is 18.3 Å². The lowest BCUT2D eigenvalue weighted by atomic mass is 10.1. The smallest absolute Gasteiger partial charge is 0.109 e. The lowest BCUT2D eigenvalue weighted by molar-refractivity contribution is -0.100. The highest BCUT2D eigenvalue weighted by Crippen LogP contribution is 2.04. The summed E-state index contributed by atoms with van der Waals surface area (Å²) in [7, 11) is 1.60. The van der Waals surface area contributed by atoms with Gasteiger partial charge in [0.2, 0.25) is 0 Å². The third-order valence-electron chi connectivity index (χ3n) is 2.27. The molecule has 108 valence electrons. The fourth-order valence-corrected chi connectivity index (χ4v) is 1.69. The minimum absolute atomic E-state index is 0.267. The highest BCUT2D eigenvalue weighted by Gasteiger charge is 2.23. The van der Waals surface area contributed by atoms with Crippen molar-refractivity contribution in [2.45, 2.75) is 25.2 Å². The number of aliphatic hydroxyl groups is 3. The van der Waals surface area contributed by atoms with E-state index in [0.717, 1.165) is 5.04 Å². The van der Waals surface area contributed by atoms with Crippen LogP contribution in [0.1, 0.15) is 6.92 Å². The Morgan fingerprint density at radius 1 is 1.39 bits per heavy atom. The molecule has 3 atom stereocenters. The number of aliphatic imine (C=N–C) groups is 1. The number of rotatable bonds is 9. The van der Waals surface area contributed by atoms with Gasteiger partial charge in [-0.3, -0.25) is 4.99 Å². The fraction of sp³-hybridized carbons (Fsp3) is 0.909. The molecule has 7 heteroatoms. The number of hydrogen-bond donors (Lipinski definition) is 3. The predicted molar refractivity (Wildman–Crippen MR) is 72.2 cm³/mol. The maximum absolute atomic E-state index is 9.53. The van der Waals surface area contributed by atoms with Crippen LogP contribution in [0.15, 0.2) is 4.99 Å². The summed E-state index contributed by atoms with van der Waals surface area (Å²) in [5, 5.41) is 28.6. The van der Waals surface area contributed by atoms with Gasteiger partial charge in [-0.15, -0.1) is 11.8 Å². The van der Waals surface area contributed by atoms with Crippen molar-refractivity contribution in [2.75, 3.05) is 39.7 Å². The van der Waals surface area contributed by atoms with Crippen LogP contribution in [0.4, 0.5) is 0 Å². The Labute approximate surface area is 112 Å². The normalized spacial score (nSPS) is 17.6. The van der Waals surface area contributed by atoms with E-state index in [4.69, 9.17) is 14.6 Å². The second-order valence-corrected chi connectivity index (χ2v) is 4.62. The summed E-state index contributed by atoms with van der Waals surface area (Å²) in [6, 6.07) is 0. The molecule has 6 nitrogen and oxygen atoms in total. The van der Waals surface area contributed by atoms with Gasteiger partial charge >= 0.3 is 0 Å². The zero-order chi connectivity index (χ0) is 14.0. The number of aliphatic hydroxyl groups excluding tert-OH is 3. The lowest BCUT2D eigenvalue weighted by Gasteiger charge is -2.23. The molecule has 0 fully saturated rings. The zero-order valence-electron chi connectivity index (χ0n) is 11.1. The van der Waals surface area contributed by atoms with Crippen LogP contribution in [0.25, 0.3) is 0 Å². The fourth-order valence-electron chi connectivity index (χ4n) is 1.24. The number of nitrogens with zero attached hydrogens (tertiary/aromatic N) is 1. The van der Waals surface area contributed by atoms with E-state index in [1.54, 1.807) is 7.11 Å². The third-order valence-corrected chi connectivity index (χ3v) is 2.99. The van der Waals surface area contributed by atoms with Crippen LogP contribution in [0.3, 0.4) is 0 Å². The molecule has 0 saturated carbocycles. The topological polar surface area (TPSA) is 91.5 Å². The molecule has 0 rings (SSSR count). The standard InChI is InChI=1S/C11H23NO5S/c1-8(14)11(15)9(6-13)17-5-4-12-10(18-3)7-16-2/h8-9,11,13-15H,4-7H2,1-3H3/t8-,9-,11+/m1/s1. The summed E-state index contributed by atoms with van der Waals surface area (Å²) < 4.78 is 10.2. The Bertz CT molecular complexity index is 237. The van der Waals surface area contributed by atoms with Crippen molar-refractivity contribution in [1.29, 1.82) is 0 Å². The molecule has 0 aromatic carbocycles. The summed E-state index contributed by atoms with van der Waals surface area (Å²) in [6.45, 7) is 2.24. The van der Waals surface area contributed by atoms with Gasteiger partial charge < -0.3 is 24.8 Å². The monoisotopic (exact) mass is 281 g/mol. The van der Waals surface area contributed by atoms with Gasteiger partial charge in [-0.05, 0) is 13.2 Å². The number of methoxy groups -OCH3 is 1. The SMILES string of the molecule is COCC(=NCCO[C@H](CO)[C@@H](O)[C@@H](C)O)SC. The van der Waals surface area contributed by atoms with Gasteiger partial charge in [0.05, 0.1) is 37.5 Å². The molecule has 0 aromatic heterocycles. The summed E-state index contributed by atoms with van der Waals surface area (Å²) in [5.41, 5.74) is 0. The molecule has 0 radical (unpaired) electrons. The average Bonchev–Trinajstić information content (AvgIpc) is 2.36. The summed E-state index contributed by atoms with van der Waals surface area (Å²) in [6.07, 6.45) is -0.925. The van der Waals surface area contributed by atoms with Gasteiger partial charge in [0.15, 0.2) is 0 Å². The summed E-state index contributed by atoms with van der Waals surface area (Å²) >= 11 is 1.50. The van der Waals surface area contributed by atoms with Crippen LogP contribution in [-0.4, -0.2) is 78.4 Å². The molecule has 0 aliphatic rings. The Morgan fingerprint density at radius 2 is 2.06 bits per heavy atom. The largest absolute Gasteiger partial charge is 0.394 e. The minimum atomic E-state index is -1.10. The van der Waals surface area contributed by atoms with E-state index in [9.17, 15) is 10.2 Å². The van der Waals surface area contributed by atoms with Gasteiger partial charge in [0.25, 0.3) is 0 Å². The molecule has 0 bridgehead atoms. The number of ether oxygens (including phenoxy) is 2. The number of hydrogen-bond acceptors (Lipinski definition) is 7. The van der Waals surface area contributed by atoms with E-state index in [2.05, 4.69) is 4.99 Å². The molecule has 0 aliphatic carbocycles. The highest BCUT2D eigenvalue weighted by molar-refractivity contribution is 8.13. The maximum Gasteiger partial charge on any atom is 0.109 e. The second-order valence-electron chi connectivity index (χ2n) is 3.74. The van der Waals surface area contributed by atoms with Crippen molar-refractivity contribution in [3.05, 3.63) is 0 Å². The van der Waals surface area contributed by atoms with Crippen LogP contribution >= 0.6 is 11.8 Å². The summed E-state index contributed by atoms with van der Waals surface area (Å²) in [4.78, 5) is 4.25. The summed E-state index contributed by atoms with van der Waals surface area (Å²) in [5.74, 6) is 0. The average molecular weight is 281 g/mol. The molecule has 0 saturated heterocycles. The van der Waals surface area contributed by atoms with E-state index in [1.165, 1.54) is 18.7 Å². The van der Waals surface area contributed by atoms with Crippen LogP contribution in [0.2, 0.25) is 0 Å². The van der Waals surface area contributed by atoms with E-state index in [-0.39, 0.29) is 13.2 Å². The van der Waals surface area contributed by atoms with Gasteiger partial charge in [-0.25, -0.2) is 0 Å². The molecule has 0 unspecified atom stereocenters. The molecular formula is C11H23NO5S. The number of thioether (sulfide) groups is 1. The molecular weight excluding hydrogens is 258 g/mol. The van der Waals surface area contributed by atoms with Crippen molar-refractivity contribution in [3.8, 4) is 0 Å². The first-order valence-corrected chi connectivity index (χ1v) is 6.94. The molecule has 3 N–H and O–H groups in total. The minimum Gasteiger partial charge on any atom is -0.394 e. The third kappa shape index (κ3) is 7.30. The predicted octanol–water partition coefficient (Wildman–Crippen LogP) is -0.486. The molecule has 0 heterocycles. The van der Waals surface area contributed by atoms with Crippen molar-refractivity contribution >= 4 is 16.8 Å². The first-order chi connectivity index (χ1) is 8.56. The Kier molecular flexibility index (Phi) is 10.6. The lowest BCUT2D eigenvalue weighted by Crippen LogP contribution is -2.40. The van der Waals surface area contributed by atoms with Gasteiger partial charge in [-0.2, -0.15) is 0 Å². The maximum atomic E-state index is 9.53. The molecule has 18 heavy (non-hydrogen) atoms. The van der Waals surface area contributed by atoms with Crippen molar-refractivity contribution < 1.29 is 24.8 Å². The molecule has 0 amide bonds. The van der Waals surface area contributed by atoms with Crippen LogP contribution in [0, 0.1) is 0 Å². The molecule has 0 aliphatic heterocycles. The Morgan fingerprint density at radius 3 is 2.50 bits per heavy atom. The van der Waals surface area contributed by atoms with Gasteiger partial charge in [0.1, 0.15) is 12.2 Å². The molecule has 0 spiro atoms. The van der Waals surface area contributed by atoms with Crippen LogP contribution in [-0.2, 0) is 9.47 Å². The van der Waals surface area contributed by atoms with Crippen LogP contribution < -0.4 is 0 Å².